The zero-order chi connectivity index (χ0) is 16.9. The van der Waals surface area contributed by atoms with Crippen LogP contribution in [0.4, 0.5) is 0 Å². The molecular formula is C17H18N4O3. The van der Waals surface area contributed by atoms with Crippen molar-refractivity contribution in [2.75, 3.05) is 26.2 Å². The number of H-pyrrole nitrogens is 1. The summed E-state index contributed by atoms with van der Waals surface area (Å²) in [6.45, 7) is 1.92. The predicted octanol–water partition coefficient (Wildman–Crippen LogP) is 0.297. The number of hydrogen-bond donors (Lipinski definition) is 1. The fourth-order valence-electron chi connectivity index (χ4n) is 2.67. The van der Waals surface area contributed by atoms with E-state index in [0.717, 1.165) is 5.56 Å². The van der Waals surface area contributed by atoms with E-state index in [0.29, 0.717) is 32.6 Å². The molecule has 0 aliphatic carbocycles. The van der Waals surface area contributed by atoms with Gasteiger partial charge in [-0.2, -0.15) is 5.10 Å². The van der Waals surface area contributed by atoms with Crippen LogP contribution in [-0.2, 0) is 11.2 Å². The van der Waals surface area contributed by atoms with Gasteiger partial charge >= 0.3 is 0 Å². The van der Waals surface area contributed by atoms with Crippen LogP contribution in [0.25, 0.3) is 0 Å². The normalized spacial score (nSPS) is 14.5. The van der Waals surface area contributed by atoms with Crippen molar-refractivity contribution in [3.8, 4) is 0 Å². The Morgan fingerprint density at radius 1 is 0.958 bits per heavy atom. The van der Waals surface area contributed by atoms with E-state index in [1.54, 1.807) is 9.80 Å². The monoisotopic (exact) mass is 326 g/mol. The van der Waals surface area contributed by atoms with Crippen molar-refractivity contribution in [1.82, 2.24) is 20.0 Å². The molecule has 7 heteroatoms. The molecule has 124 valence electrons. The average molecular weight is 326 g/mol. The summed E-state index contributed by atoms with van der Waals surface area (Å²) in [4.78, 5) is 39.1. The molecule has 0 unspecified atom stereocenters. The number of nitrogens with one attached hydrogen (secondary N) is 1. The number of rotatable bonds is 3. The Hall–Kier alpha value is -2.96. The molecule has 1 saturated heterocycles. The predicted molar refractivity (Wildman–Crippen MR) is 87.5 cm³/mol. The van der Waals surface area contributed by atoms with E-state index < -0.39 is 0 Å². The van der Waals surface area contributed by atoms with E-state index in [4.69, 9.17) is 0 Å². The lowest BCUT2D eigenvalue weighted by atomic mass is 10.1. The van der Waals surface area contributed by atoms with Crippen molar-refractivity contribution in [3.63, 3.8) is 0 Å². The van der Waals surface area contributed by atoms with Crippen molar-refractivity contribution >= 4 is 11.8 Å². The van der Waals surface area contributed by atoms with Gasteiger partial charge in [-0.3, -0.25) is 14.4 Å². The number of aromatic nitrogens is 2. The van der Waals surface area contributed by atoms with Crippen LogP contribution < -0.4 is 5.56 Å². The molecule has 0 saturated carbocycles. The van der Waals surface area contributed by atoms with Crippen molar-refractivity contribution in [3.05, 3.63) is 64.1 Å². The van der Waals surface area contributed by atoms with E-state index in [9.17, 15) is 14.4 Å². The van der Waals surface area contributed by atoms with Gasteiger partial charge in [-0.15, -0.1) is 0 Å². The minimum atomic E-state index is -0.345. The number of amides is 2. The summed E-state index contributed by atoms with van der Waals surface area (Å²) in [7, 11) is 0. The zero-order valence-corrected chi connectivity index (χ0v) is 13.1. The van der Waals surface area contributed by atoms with Crippen LogP contribution >= 0.6 is 0 Å². The Bertz CT molecular complexity index is 759. The van der Waals surface area contributed by atoms with Gasteiger partial charge in [-0.05, 0) is 11.6 Å². The molecule has 7 nitrogen and oxygen atoms in total. The summed E-state index contributed by atoms with van der Waals surface area (Å²) >= 11 is 0. The fraction of sp³-hybridized carbons (Fsp3) is 0.294. The fourth-order valence-corrected chi connectivity index (χ4v) is 2.67. The maximum absolute atomic E-state index is 12.3. The smallest absolute Gasteiger partial charge is 0.274 e. The van der Waals surface area contributed by atoms with E-state index in [2.05, 4.69) is 10.2 Å². The first kappa shape index (κ1) is 15.9. The number of carbonyl (C=O) groups is 2. The van der Waals surface area contributed by atoms with Gasteiger partial charge in [0.05, 0.1) is 6.42 Å². The topological polar surface area (TPSA) is 86.4 Å². The second-order valence-electron chi connectivity index (χ2n) is 5.64. The van der Waals surface area contributed by atoms with Gasteiger partial charge in [-0.1, -0.05) is 30.3 Å². The molecule has 1 N–H and O–H groups in total. The van der Waals surface area contributed by atoms with Gasteiger partial charge in [0, 0.05) is 32.2 Å². The lowest BCUT2D eigenvalue weighted by Crippen LogP contribution is -2.51. The minimum absolute atomic E-state index is 0.0652. The second-order valence-corrected chi connectivity index (χ2v) is 5.64. The molecular weight excluding hydrogens is 308 g/mol. The second kappa shape index (κ2) is 7.08. The zero-order valence-electron chi connectivity index (χ0n) is 13.1. The third-order valence-electron chi connectivity index (χ3n) is 4.02. The van der Waals surface area contributed by atoms with Gasteiger partial charge in [0.2, 0.25) is 5.91 Å². The molecule has 2 aromatic rings. The first-order valence-corrected chi connectivity index (χ1v) is 7.80. The highest BCUT2D eigenvalue weighted by Gasteiger charge is 2.25. The van der Waals surface area contributed by atoms with Gasteiger partial charge in [0.25, 0.3) is 11.5 Å². The van der Waals surface area contributed by atoms with Crippen LogP contribution in [0.1, 0.15) is 16.1 Å². The molecule has 3 rings (SSSR count). The Morgan fingerprint density at radius 3 is 2.25 bits per heavy atom. The number of benzene rings is 1. The lowest BCUT2D eigenvalue weighted by Gasteiger charge is -2.34. The molecule has 1 aliphatic rings. The summed E-state index contributed by atoms with van der Waals surface area (Å²) in [6, 6.07) is 12.3. The SMILES string of the molecule is O=C(Cc1ccccc1)N1CCN(C(=O)c2ccc(=O)[nH]n2)CC1. The van der Waals surface area contributed by atoms with E-state index in [1.807, 2.05) is 30.3 Å². The van der Waals surface area contributed by atoms with Crippen molar-refractivity contribution in [2.24, 2.45) is 0 Å². The van der Waals surface area contributed by atoms with Crippen LogP contribution in [0.15, 0.2) is 47.3 Å². The minimum Gasteiger partial charge on any atom is -0.339 e. The van der Waals surface area contributed by atoms with Gasteiger partial charge in [0.15, 0.2) is 0 Å². The summed E-state index contributed by atoms with van der Waals surface area (Å²) in [6.07, 6.45) is 0.371. The Balaban J connectivity index is 1.55. The molecule has 0 atom stereocenters. The maximum atomic E-state index is 12.3. The van der Waals surface area contributed by atoms with Crippen molar-refractivity contribution < 1.29 is 9.59 Å². The number of hydrogen-bond acceptors (Lipinski definition) is 4. The van der Waals surface area contributed by atoms with Gasteiger partial charge in [0.1, 0.15) is 5.69 Å². The lowest BCUT2D eigenvalue weighted by molar-refractivity contribution is -0.131. The van der Waals surface area contributed by atoms with Crippen molar-refractivity contribution in [1.29, 1.82) is 0 Å². The van der Waals surface area contributed by atoms with Crippen LogP contribution in [0.3, 0.4) is 0 Å². The number of carbonyl (C=O) groups excluding carboxylic acids is 2. The quantitative estimate of drug-likeness (QED) is 0.879. The summed E-state index contributed by atoms with van der Waals surface area (Å²) in [5.41, 5.74) is 0.847. The molecule has 0 bridgehead atoms. The molecule has 24 heavy (non-hydrogen) atoms. The molecule has 1 fully saturated rings. The Morgan fingerprint density at radius 2 is 1.62 bits per heavy atom. The van der Waals surface area contributed by atoms with Crippen LogP contribution in [0.5, 0.6) is 0 Å². The Labute approximate surface area is 138 Å². The molecule has 1 aliphatic heterocycles. The van der Waals surface area contributed by atoms with E-state index >= 15 is 0 Å². The first-order valence-electron chi connectivity index (χ1n) is 7.80. The molecule has 0 spiro atoms. The molecule has 1 aromatic carbocycles. The third-order valence-corrected chi connectivity index (χ3v) is 4.02. The summed E-state index contributed by atoms with van der Waals surface area (Å²) in [5, 5.41) is 6.01. The largest absolute Gasteiger partial charge is 0.339 e. The summed E-state index contributed by atoms with van der Waals surface area (Å²) in [5.74, 6) is -0.170. The Kier molecular flexibility index (Phi) is 4.69. The molecule has 2 amide bonds. The average Bonchev–Trinajstić information content (AvgIpc) is 2.63. The van der Waals surface area contributed by atoms with E-state index in [-0.39, 0.29) is 23.1 Å². The van der Waals surface area contributed by atoms with Gasteiger partial charge < -0.3 is 9.80 Å². The number of piperazine rings is 1. The number of nitrogens with zero attached hydrogens (tertiary/aromatic N) is 3. The highest BCUT2D eigenvalue weighted by Crippen LogP contribution is 2.09. The van der Waals surface area contributed by atoms with Crippen LogP contribution in [-0.4, -0.2) is 58.0 Å². The molecule has 1 aromatic heterocycles. The molecule has 0 radical (unpaired) electrons. The van der Waals surface area contributed by atoms with Crippen LogP contribution in [0.2, 0.25) is 0 Å². The van der Waals surface area contributed by atoms with Gasteiger partial charge in [-0.25, -0.2) is 5.10 Å². The molecule has 2 heterocycles. The summed E-state index contributed by atoms with van der Waals surface area (Å²) < 4.78 is 0. The highest BCUT2D eigenvalue weighted by molar-refractivity contribution is 5.92. The van der Waals surface area contributed by atoms with Crippen LogP contribution in [0, 0.1) is 0 Å². The maximum Gasteiger partial charge on any atom is 0.274 e. The number of aromatic amines is 1. The third kappa shape index (κ3) is 3.68. The standard InChI is InChI=1S/C17H18N4O3/c22-15-7-6-14(18-19-15)17(24)21-10-8-20(9-11-21)16(23)12-13-4-2-1-3-5-13/h1-7H,8-12H2,(H,19,22). The van der Waals surface area contributed by atoms with Crippen molar-refractivity contribution in [2.45, 2.75) is 6.42 Å². The highest BCUT2D eigenvalue weighted by atomic mass is 16.2. The first-order chi connectivity index (χ1) is 11.6. The van der Waals surface area contributed by atoms with E-state index in [1.165, 1.54) is 12.1 Å².